The van der Waals surface area contributed by atoms with Gasteiger partial charge in [0.05, 0.1) is 11.5 Å². The average Bonchev–Trinajstić information content (AvgIpc) is 2.89. The number of halogens is 1. The van der Waals surface area contributed by atoms with Crippen molar-refractivity contribution in [2.24, 2.45) is 0 Å². The maximum Gasteiger partial charge on any atom is 0.324 e. The van der Waals surface area contributed by atoms with Gasteiger partial charge in [0.2, 0.25) is 0 Å². The molecule has 20 heavy (non-hydrogen) atoms. The molecule has 1 heterocycles. The van der Waals surface area contributed by atoms with Crippen LogP contribution in [0.2, 0.25) is 0 Å². The van der Waals surface area contributed by atoms with Crippen LogP contribution >= 0.6 is 27.3 Å². The van der Waals surface area contributed by atoms with Crippen LogP contribution < -0.4 is 5.32 Å². The molecule has 1 aromatic carbocycles. The fraction of sp³-hybridized carbons (Fsp3) is 0.231. The zero-order valence-corrected chi connectivity index (χ0v) is 13.2. The lowest BCUT2D eigenvalue weighted by Gasteiger charge is -2.12. The molecule has 1 N–H and O–H groups in total. The summed E-state index contributed by atoms with van der Waals surface area (Å²) in [5, 5.41) is 15.9. The highest BCUT2D eigenvalue weighted by atomic mass is 79.9. The minimum absolute atomic E-state index is 0.160. The van der Waals surface area contributed by atoms with Gasteiger partial charge < -0.3 is 10.1 Å². The van der Waals surface area contributed by atoms with E-state index in [4.69, 9.17) is 4.74 Å². The van der Waals surface area contributed by atoms with Gasteiger partial charge in [-0.1, -0.05) is 33.3 Å². The number of ether oxygens (including phenoxy) is 1. The number of nitro groups is 1. The summed E-state index contributed by atoms with van der Waals surface area (Å²) >= 11 is 4.63. The molecule has 0 aliphatic heterocycles. The molecule has 7 heteroatoms. The summed E-state index contributed by atoms with van der Waals surface area (Å²) in [7, 11) is 1.64. The molecule has 0 aliphatic carbocycles. The van der Waals surface area contributed by atoms with Crippen molar-refractivity contribution in [1.29, 1.82) is 0 Å². The zero-order valence-electron chi connectivity index (χ0n) is 10.8. The Hall–Kier alpha value is -1.44. The molecule has 2 aromatic rings. The van der Waals surface area contributed by atoms with Crippen molar-refractivity contribution in [3.05, 3.63) is 55.4 Å². The molecule has 0 bridgehead atoms. The number of rotatable bonds is 6. The molecular weight excluding hydrogens is 344 g/mol. The molecule has 5 nitrogen and oxygen atoms in total. The highest BCUT2D eigenvalue weighted by molar-refractivity contribution is 9.10. The lowest BCUT2D eigenvalue weighted by atomic mass is 10.2. The molecule has 0 radical (unpaired) electrons. The second-order valence-corrected chi connectivity index (χ2v) is 5.85. The SMILES string of the molecule is COCc1c(Br)cccc1NCc1csc([N+](=O)[O-])c1. The van der Waals surface area contributed by atoms with E-state index in [0.717, 1.165) is 32.6 Å². The molecule has 0 spiro atoms. The number of hydrogen-bond acceptors (Lipinski definition) is 5. The number of nitrogens with zero attached hydrogens (tertiary/aromatic N) is 1. The third kappa shape index (κ3) is 3.56. The standard InChI is InChI=1S/C13H13BrN2O3S/c1-19-7-10-11(14)3-2-4-12(10)15-6-9-5-13(16(17)18)20-8-9/h2-5,8,15H,6-7H2,1H3. The quantitative estimate of drug-likeness (QED) is 0.622. The summed E-state index contributed by atoms with van der Waals surface area (Å²) in [4.78, 5) is 10.3. The van der Waals surface area contributed by atoms with Crippen LogP contribution in [0.3, 0.4) is 0 Å². The molecule has 0 saturated heterocycles. The molecule has 0 amide bonds. The van der Waals surface area contributed by atoms with E-state index in [1.807, 2.05) is 18.2 Å². The molecule has 1 aromatic heterocycles. The minimum Gasteiger partial charge on any atom is -0.381 e. The Labute approximate surface area is 128 Å². The van der Waals surface area contributed by atoms with Crippen molar-refractivity contribution in [3.8, 4) is 0 Å². The molecule has 0 fully saturated rings. The molecule has 0 saturated carbocycles. The van der Waals surface area contributed by atoms with E-state index >= 15 is 0 Å². The Balaban J connectivity index is 2.10. The summed E-state index contributed by atoms with van der Waals surface area (Å²) < 4.78 is 6.15. The predicted octanol–water partition coefficient (Wildman–Crippen LogP) is 4.18. The number of methoxy groups -OCH3 is 1. The van der Waals surface area contributed by atoms with Crippen LogP contribution in [-0.4, -0.2) is 12.0 Å². The van der Waals surface area contributed by atoms with Crippen LogP contribution in [0.15, 0.2) is 34.1 Å². The first-order valence-corrected chi connectivity index (χ1v) is 7.51. The van der Waals surface area contributed by atoms with Gasteiger partial charge in [0.15, 0.2) is 0 Å². The Morgan fingerprint density at radius 1 is 1.50 bits per heavy atom. The molecule has 106 valence electrons. The van der Waals surface area contributed by atoms with Crippen molar-refractivity contribution in [1.82, 2.24) is 0 Å². The first-order valence-electron chi connectivity index (χ1n) is 5.84. The summed E-state index contributed by atoms with van der Waals surface area (Å²) in [6.45, 7) is 1.03. The largest absolute Gasteiger partial charge is 0.381 e. The Bertz CT molecular complexity index is 615. The van der Waals surface area contributed by atoms with E-state index in [1.54, 1.807) is 18.6 Å². The van der Waals surface area contributed by atoms with Crippen LogP contribution in [0.4, 0.5) is 10.7 Å². The van der Waals surface area contributed by atoms with Gasteiger partial charge in [-0.05, 0) is 17.7 Å². The van der Waals surface area contributed by atoms with Crippen molar-refractivity contribution in [2.45, 2.75) is 13.2 Å². The van der Waals surface area contributed by atoms with Crippen LogP contribution in [-0.2, 0) is 17.9 Å². The minimum atomic E-state index is -0.371. The van der Waals surface area contributed by atoms with Gasteiger partial charge in [0.1, 0.15) is 0 Å². The summed E-state index contributed by atoms with van der Waals surface area (Å²) in [6.07, 6.45) is 0. The number of hydrogen-bond donors (Lipinski definition) is 1. The molecular formula is C13H13BrN2O3S. The number of benzene rings is 1. The van der Waals surface area contributed by atoms with E-state index < -0.39 is 0 Å². The van der Waals surface area contributed by atoms with Crippen LogP contribution in [0.5, 0.6) is 0 Å². The van der Waals surface area contributed by atoms with Gasteiger partial charge in [0, 0.05) is 40.8 Å². The molecule has 0 aliphatic rings. The third-order valence-corrected chi connectivity index (χ3v) is 4.38. The molecule has 2 rings (SSSR count). The summed E-state index contributed by atoms with van der Waals surface area (Å²) in [5.41, 5.74) is 2.87. The highest BCUT2D eigenvalue weighted by Crippen LogP contribution is 2.27. The first kappa shape index (κ1) is 15.0. The smallest absolute Gasteiger partial charge is 0.324 e. The second kappa shape index (κ2) is 6.83. The van der Waals surface area contributed by atoms with Crippen LogP contribution in [0.25, 0.3) is 0 Å². The maximum atomic E-state index is 10.6. The zero-order chi connectivity index (χ0) is 14.5. The number of thiophene rings is 1. The van der Waals surface area contributed by atoms with Gasteiger partial charge in [-0.25, -0.2) is 0 Å². The van der Waals surface area contributed by atoms with Gasteiger partial charge in [-0.15, -0.1) is 0 Å². The fourth-order valence-corrected chi connectivity index (χ4v) is 2.97. The van der Waals surface area contributed by atoms with Crippen molar-refractivity contribution >= 4 is 38.0 Å². The van der Waals surface area contributed by atoms with Gasteiger partial charge in [-0.3, -0.25) is 10.1 Å². The van der Waals surface area contributed by atoms with Crippen LogP contribution in [0, 0.1) is 10.1 Å². The van der Waals surface area contributed by atoms with Gasteiger partial charge >= 0.3 is 5.00 Å². The number of nitrogens with one attached hydrogen (secondary N) is 1. The normalized spacial score (nSPS) is 10.5. The van der Waals surface area contributed by atoms with E-state index in [2.05, 4.69) is 21.2 Å². The van der Waals surface area contributed by atoms with Gasteiger partial charge in [0.25, 0.3) is 0 Å². The Kier molecular flexibility index (Phi) is 5.11. The molecule has 0 unspecified atom stereocenters. The van der Waals surface area contributed by atoms with Crippen LogP contribution in [0.1, 0.15) is 11.1 Å². The van der Waals surface area contributed by atoms with E-state index in [1.165, 1.54) is 0 Å². The van der Waals surface area contributed by atoms with E-state index in [9.17, 15) is 10.1 Å². The van der Waals surface area contributed by atoms with Gasteiger partial charge in [-0.2, -0.15) is 0 Å². The lowest BCUT2D eigenvalue weighted by Crippen LogP contribution is -2.03. The fourth-order valence-electron chi connectivity index (χ4n) is 1.76. The summed E-state index contributed by atoms with van der Waals surface area (Å²) in [6, 6.07) is 7.43. The van der Waals surface area contributed by atoms with E-state index in [-0.39, 0.29) is 9.92 Å². The average molecular weight is 357 g/mol. The topological polar surface area (TPSA) is 64.4 Å². The van der Waals surface area contributed by atoms with Crippen molar-refractivity contribution in [3.63, 3.8) is 0 Å². The first-order chi connectivity index (χ1) is 9.61. The van der Waals surface area contributed by atoms with Crippen molar-refractivity contribution < 1.29 is 9.66 Å². The Morgan fingerprint density at radius 3 is 2.95 bits per heavy atom. The van der Waals surface area contributed by atoms with Crippen molar-refractivity contribution in [2.75, 3.05) is 12.4 Å². The van der Waals surface area contributed by atoms with E-state index in [0.29, 0.717) is 13.2 Å². The molecule has 0 atom stereocenters. The second-order valence-electron chi connectivity index (χ2n) is 4.10. The number of anilines is 1. The Morgan fingerprint density at radius 2 is 2.30 bits per heavy atom. The maximum absolute atomic E-state index is 10.6. The lowest BCUT2D eigenvalue weighted by molar-refractivity contribution is -0.380. The monoisotopic (exact) mass is 356 g/mol. The highest BCUT2D eigenvalue weighted by Gasteiger charge is 2.10. The third-order valence-electron chi connectivity index (χ3n) is 2.71. The predicted molar refractivity (Wildman–Crippen MR) is 83.2 cm³/mol. The summed E-state index contributed by atoms with van der Waals surface area (Å²) in [5.74, 6) is 0.